The summed E-state index contributed by atoms with van der Waals surface area (Å²) in [5, 5.41) is 0. The third-order valence-electron chi connectivity index (χ3n) is 5.97. The molecule has 1 unspecified atom stereocenters. The summed E-state index contributed by atoms with van der Waals surface area (Å²) in [7, 11) is -2.30. The molecule has 2 aromatic carbocycles. The van der Waals surface area contributed by atoms with Crippen LogP contribution in [0.15, 0.2) is 47.4 Å². The smallest absolute Gasteiger partial charge is 0.264 e. The largest absolute Gasteiger partial charge is 0.496 e. The molecule has 168 valence electrons. The zero-order valence-corrected chi connectivity index (χ0v) is 19.6. The van der Waals surface area contributed by atoms with Crippen LogP contribution >= 0.6 is 0 Å². The molecule has 0 aliphatic carbocycles. The van der Waals surface area contributed by atoms with Crippen LogP contribution in [0.4, 0.5) is 5.69 Å². The fraction of sp³-hybridized carbons (Fsp3) is 0.458. The summed E-state index contributed by atoms with van der Waals surface area (Å²) in [4.78, 5) is 15.4. The molecule has 0 aromatic heterocycles. The quantitative estimate of drug-likeness (QED) is 0.572. The number of benzene rings is 2. The lowest BCUT2D eigenvalue weighted by atomic mass is 10.1. The van der Waals surface area contributed by atoms with E-state index in [0.717, 1.165) is 24.8 Å². The fourth-order valence-corrected chi connectivity index (χ4v) is 5.46. The van der Waals surface area contributed by atoms with Crippen LogP contribution in [0.1, 0.15) is 56.0 Å². The summed E-state index contributed by atoms with van der Waals surface area (Å²) in [5.74, 6) is 0.189. The molecule has 1 heterocycles. The maximum atomic E-state index is 13.5. The minimum atomic E-state index is -3.79. The number of rotatable bonds is 9. The molecule has 1 atom stereocenters. The van der Waals surface area contributed by atoms with Crippen molar-refractivity contribution in [1.82, 2.24) is 4.90 Å². The van der Waals surface area contributed by atoms with Crippen LogP contribution in [-0.2, 0) is 16.4 Å². The maximum absolute atomic E-state index is 13.5. The fourth-order valence-electron chi connectivity index (χ4n) is 3.93. The van der Waals surface area contributed by atoms with Crippen LogP contribution in [0.5, 0.6) is 5.75 Å². The van der Waals surface area contributed by atoms with Gasteiger partial charge in [0.25, 0.3) is 15.9 Å². The van der Waals surface area contributed by atoms with Crippen LogP contribution in [-0.4, -0.2) is 45.5 Å². The molecule has 31 heavy (non-hydrogen) atoms. The summed E-state index contributed by atoms with van der Waals surface area (Å²) in [6, 6.07) is 12.2. The predicted octanol–water partition coefficient (Wildman–Crippen LogP) is 4.49. The van der Waals surface area contributed by atoms with Crippen LogP contribution < -0.4 is 9.04 Å². The van der Waals surface area contributed by atoms with Crippen molar-refractivity contribution < 1.29 is 17.9 Å². The van der Waals surface area contributed by atoms with E-state index in [1.54, 1.807) is 6.07 Å². The van der Waals surface area contributed by atoms with Gasteiger partial charge in [-0.15, -0.1) is 0 Å². The van der Waals surface area contributed by atoms with Gasteiger partial charge < -0.3 is 9.64 Å². The van der Waals surface area contributed by atoms with Crippen molar-refractivity contribution in [1.29, 1.82) is 0 Å². The van der Waals surface area contributed by atoms with Crippen molar-refractivity contribution in [2.45, 2.75) is 57.4 Å². The first-order chi connectivity index (χ1) is 14.8. The number of hydrogen-bond donors (Lipinski definition) is 0. The highest BCUT2D eigenvalue weighted by atomic mass is 32.2. The second kappa shape index (κ2) is 9.73. The van der Waals surface area contributed by atoms with E-state index in [1.165, 1.54) is 23.5 Å². The van der Waals surface area contributed by atoms with Crippen LogP contribution in [0.3, 0.4) is 0 Å². The Bertz CT molecular complexity index is 1040. The summed E-state index contributed by atoms with van der Waals surface area (Å²) in [5.41, 5.74) is 2.00. The van der Waals surface area contributed by atoms with E-state index in [1.807, 2.05) is 43.0 Å². The number of nitrogens with zero attached hydrogens (tertiary/aromatic N) is 2. The van der Waals surface area contributed by atoms with Gasteiger partial charge in [-0.1, -0.05) is 38.5 Å². The van der Waals surface area contributed by atoms with Gasteiger partial charge in [0.15, 0.2) is 0 Å². The molecule has 0 radical (unpaired) electrons. The first kappa shape index (κ1) is 23.1. The second-order valence-corrected chi connectivity index (χ2v) is 9.79. The van der Waals surface area contributed by atoms with Gasteiger partial charge in [-0.2, -0.15) is 0 Å². The Labute approximate surface area is 185 Å². The third kappa shape index (κ3) is 4.56. The number of hydrogen-bond acceptors (Lipinski definition) is 4. The molecule has 0 saturated carbocycles. The Balaban J connectivity index is 2.01. The molecule has 0 N–H and O–H groups in total. The minimum Gasteiger partial charge on any atom is -0.496 e. The molecule has 7 heteroatoms. The number of para-hydroxylation sites is 1. The molecule has 0 fully saturated rings. The number of sulfonamides is 1. The number of unbranched alkanes of at least 4 members (excludes halogenated alkanes) is 1. The summed E-state index contributed by atoms with van der Waals surface area (Å²) >= 11 is 0. The van der Waals surface area contributed by atoms with Gasteiger partial charge in [-0.05, 0) is 56.0 Å². The highest BCUT2D eigenvalue weighted by Gasteiger charge is 2.32. The molecule has 1 amide bonds. The van der Waals surface area contributed by atoms with Gasteiger partial charge in [-0.3, -0.25) is 9.10 Å². The van der Waals surface area contributed by atoms with Crippen molar-refractivity contribution in [2.24, 2.45) is 0 Å². The molecular weight excluding hydrogens is 412 g/mol. The SMILES string of the molecule is CCCCN(C(=O)c1cc(S(=O)(=O)N2CCc3ccccc32)ccc1OC)C(C)CC. The zero-order valence-electron chi connectivity index (χ0n) is 18.8. The van der Waals surface area contributed by atoms with E-state index in [2.05, 4.69) is 6.92 Å². The van der Waals surface area contributed by atoms with Crippen molar-refractivity contribution in [3.05, 3.63) is 53.6 Å². The van der Waals surface area contributed by atoms with E-state index < -0.39 is 10.0 Å². The van der Waals surface area contributed by atoms with Gasteiger partial charge in [0.05, 0.1) is 23.3 Å². The normalized spacial score (nSPS) is 14.3. The van der Waals surface area contributed by atoms with Crippen LogP contribution in [0.2, 0.25) is 0 Å². The van der Waals surface area contributed by atoms with Gasteiger partial charge in [0, 0.05) is 19.1 Å². The summed E-state index contributed by atoms with van der Waals surface area (Å²) in [6.07, 6.45) is 3.36. The van der Waals surface area contributed by atoms with Gasteiger partial charge in [0.2, 0.25) is 0 Å². The summed E-state index contributed by atoms with van der Waals surface area (Å²) in [6.45, 7) is 7.17. The molecular formula is C24H32N2O4S. The number of carbonyl (C=O) groups is 1. The maximum Gasteiger partial charge on any atom is 0.264 e. The Morgan fingerprint density at radius 2 is 1.94 bits per heavy atom. The van der Waals surface area contributed by atoms with Crippen molar-refractivity contribution in [2.75, 3.05) is 24.5 Å². The van der Waals surface area contributed by atoms with E-state index in [0.29, 0.717) is 30.9 Å². The highest BCUT2D eigenvalue weighted by molar-refractivity contribution is 7.92. The molecule has 0 bridgehead atoms. The Hall–Kier alpha value is -2.54. The highest BCUT2D eigenvalue weighted by Crippen LogP contribution is 2.34. The Morgan fingerprint density at radius 3 is 2.61 bits per heavy atom. The monoisotopic (exact) mass is 444 g/mol. The van der Waals surface area contributed by atoms with E-state index in [-0.39, 0.29) is 22.4 Å². The standard InChI is InChI=1S/C24H32N2O4S/c1-5-7-15-25(18(3)6-2)24(27)21-17-20(12-13-23(21)30-4)31(28,29)26-16-14-19-10-8-9-11-22(19)26/h8-13,17-18H,5-7,14-16H2,1-4H3. The van der Waals surface area contributed by atoms with Crippen LogP contribution in [0, 0.1) is 0 Å². The summed E-state index contributed by atoms with van der Waals surface area (Å²) < 4.78 is 33.8. The van der Waals surface area contributed by atoms with Gasteiger partial charge in [0.1, 0.15) is 5.75 Å². The Morgan fingerprint density at radius 1 is 1.19 bits per heavy atom. The number of methoxy groups -OCH3 is 1. The number of anilines is 1. The lowest BCUT2D eigenvalue weighted by molar-refractivity contribution is 0.0681. The number of carbonyl (C=O) groups excluding carboxylic acids is 1. The molecule has 0 saturated heterocycles. The Kier molecular flexibility index (Phi) is 7.26. The molecule has 3 rings (SSSR count). The number of fused-ring (bicyclic) bond motifs is 1. The first-order valence-electron chi connectivity index (χ1n) is 10.9. The van der Waals surface area contributed by atoms with Crippen molar-refractivity contribution in [3.63, 3.8) is 0 Å². The molecule has 0 spiro atoms. The van der Waals surface area contributed by atoms with Gasteiger partial charge in [-0.25, -0.2) is 8.42 Å². The van der Waals surface area contributed by atoms with E-state index in [9.17, 15) is 13.2 Å². The number of ether oxygens (including phenoxy) is 1. The van der Waals surface area contributed by atoms with Gasteiger partial charge >= 0.3 is 0 Å². The second-order valence-electron chi connectivity index (χ2n) is 7.93. The van der Waals surface area contributed by atoms with Crippen molar-refractivity contribution >= 4 is 21.6 Å². The average molecular weight is 445 g/mol. The van der Waals surface area contributed by atoms with Crippen molar-refractivity contribution in [3.8, 4) is 5.75 Å². The molecule has 6 nitrogen and oxygen atoms in total. The zero-order chi connectivity index (χ0) is 22.6. The lowest BCUT2D eigenvalue weighted by Gasteiger charge is -2.29. The third-order valence-corrected chi connectivity index (χ3v) is 7.78. The molecule has 2 aromatic rings. The number of amides is 1. The lowest BCUT2D eigenvalue weighted by Crippen LogP contribution is -2.39. The molecule has 1 aliphatic rings. The molecule has 1 aliphatic heterocycles. The van der Waals surface area contributed by atoms with Crippen LogP contribution in [0.25, 0.3) is 0 Å². The van der Waals surface area contributed by atoms with E-state index in [4.69, 9.17) is 4.74 Å². The van der Waals surface area contributed by atoms with E-state index >= 15 is 0 Å². The first-order valence-corrected chi connectivity index (χ1v) is 12.4. The minimum absolute atomic E-state index is 0.0504. The topological polar surface area (TPSA) is 66.9 Å². The predicted molar refractivity (Wildman–Crippen MR) is 123 cm³/mol. The average Bonchev–Trinajstić information content (AvgIpc) is 3.23.